The van der Waals surface area contributed by atoms with E-state index in [4.69, 9.17) is 16.3 Å². The van der Waals surface area contributed by atoms with Crippen LogP contribution in [0.4, 0.5) is 10.5 Å². The Hall–Kier alpha value is -3.10. The highest BCUT2D eigenvalue weighted by molar-refractivity contribution is 7.92. The molecule has 7 nitrogen and oxygen atoms in total. The van der Waals surface area contributed by atoms with Gasteiger partial charge in [0.05, 0.1) is 29.4 Å². The van der Waals surface area contributed by atoms with E-state index in [2.05, 4.69) is 10.3 Å². The number of carbonyl (C=O) groups excluding carboxylic acids is 1. The molecule has 1 aromatic heterocycles. The Morgan fingerprint density at radius 1 is 1.10 bits per heavy atom. The van der Waals surface area contributed by atoms with E-state index in [1.54, 1.807) is 30.5 Å². The Morgan fingerprint density at radius 2 is 1.84 bits per heavy atom. The summed E-state index contributed by atoms with van der Waals surface area (Å²) < 4.78 is 33.5. The number of amides is 1. The molecule has 0 radical (unpaired) electrons. The van der Waals surface area contributed by atoms with E-state index >= 15 is 0 Å². The number of nitrogens with zero attached hydrogens (tertiary/aromatic N) is 2. The lowest BCUT2D eigenvalue weighted by Crippen LogP contribution is -2.45. The molecule has 2 aromatic carbocycles. The molecule has 1 N–H and O–H groups in total. The average molecular weight is 458 g/mol. The highest BCUT2D eigenvalue weighted by Crippen LogP contribution is 2.33. The molecule has 0 fully saturated rings. The summed E-state index contributed by atoms with van der Waals surface area (Å²) in [6, 6.07) is 18.6. The van der Waals surface area contributed by atoms with E-state index in [1.165, 1.54) is 28.6 Å². The number of nitrogens with one attached hydrogen (secondary N) is 1. The number of benzene rings is 2. The lowest BCUT2D eigenvalue weighted by atomic mass is 10.0. The first-order valence-electron chi connectivity index (χ1n) is 9.64. The van der Waals surface area contributed by atoms with Gasteiger partial charge in [0.2, 0.25) is 0 Å². The van der Waals surface area contributed by atoms with Gasteiger partial charge >= 0.3 is 6.09 Å². The maximum Gasteiger partial charge on any atom is 0.407 e. The second-order valence-electron chi connectivity index (χ2n) is 7.02. The molecular formula is C22H20ClN3O4S. The molecule has 9 heteroatoms. The average Bonchev–Trinajstić information content (AvgIpc) is 2.78. The molecule has 1 aliphatic rings. The maximum absolute atomic E-state index is 13.3. The number of para-hydroxylation sites is 1. The summed E-state index contributed by atoms with van der Waals surface area (Å²) in [6.45, 7) is 0.231. The van der Waals surface area contributed by atoms with Crippen molar-refractivity contribution in [1.82, 2.24) is 10.3 Å². The van der Waals surface area contributed by atoms with Crippen LogP contribution in [0.15, 0.2) is 77.8 Å². The molecule has 1 atom stereocenters. The quantitative estimate of drug-likeness (QED) is 0.629. The highest BCUT2D eigenvalue weighted by Gasteiger charge is 2.34. The summed E-state index contributed by atoms with van der Waals surface area (Å²) >= 11 is 5.91. The van der Waals surface area contributed by atoms with Crippen molar-refractivity contribution in [3.63, 3.8) is 0 Å². The van der Waals surface area contributed by atoms with Crippen molar-refractivity contribution in [3.8, 4) is 0 Å². The van der Waals surface area contributed by atoms with Crippen LogP contribution in [0.2, 0.25) is 5.02 Å². The maximum atomic E-state index is 13.3. The van der Waals surface area contributed by atoms with E-state index in [-0.39, 0.29) is 18.0 Å². The Kier molecular flexibility index (Phi) is 6.11. The van der Waals surface area contributed by atoms with Crippen LogP contribution >= 0.6 is 11.6 Å². The van der Waals surface area contributed by atoms with Crippen molar-refractivity contribution in [2.45, 2.75) is 24.0 Å². The van der Waals surface area contributed by atoms with Crippen LogP contribution in [0.1, 0.15) is 11.3 Å². The highest BCUT2D eigenvalue weighted by atomic mass is 35.5. The van der Waals surface area contributed by atoms with Gasteiger partial charge in [-0.25, -0.2) is 13.2 Å². The number of rotatable bonds is 5. The zero-order chi connectivity index (χ0) is 21.8. The van der Waals surface area contributed by atoms with Crippen molar-refractivity contribution in [1.29, 1.82) is 0 Å². The van der Waals surface area contributed by atoms with Gasteiger partial charge in [-0.3, -0.25) is 9.29 Å². The SMILES string of the molecule is O=C(NCc1ccccn1)O[C@H]1Cc2ccccc2N(S(=O)(=O)c2ccc(Cl)cc2)C1. The monoisotopic (exact) mass is 457 g/mol. The minimum Gasteiger partial charge on any atom is -0.444 e. The molecule has 0 unspecified atom stereocenters. The molecule has 0 saturated heterocycles. The summed E-state index contributed by atoms with van der Waals surface area (Å²) in [4.78, 5) is 16.6. The van der Waals surface area contributed by atoms with E-state index in [0.29, 0.717) is 22.8 Å². The molecule has 31 heavy (non-hydrogen) atoms. The van der Waals surface area contributed by atoms with E-state index in [1.807, 2.05) is 18.2 Å². The van der Waals surface area contributed by atoms with Crippen LogP contribution in [-0.4, -0.2) is 32.1 Å². The molecule has 1 aliphatic heterocycles. The van der Waals surface area contributed by atoms with Gasteiger partial charge in [-0.05, 0) is 48.0 Å². The number of hydrogen-bond acceptors (Lipinski definition) is 5. The van der Waals surface area contributed by atoms with E-state index in [9.17, 15) is 13.2 Å². The van der Waals surface area contributed by atoms with Crippen LogP contribution in [0.3, 0.4) is 0 Å². The zero-order valence-electron chi connectivity index (χ0n) is 16.4. The fourth-order valence-corrected chi connectivity index (χ4v) is 5.08. The fraction of sp³-hybridized carbons (Fsp3) is 0.182. The lowest BCUT2D eigenvalue weighted by molar-refractivity contribution is 0.0996. The third-order valence-corrected chi connectivity index (χ3v) is 6.94. The van der Waals surface area contributed by atoms with E-state index in [0.717, 1.165) is 5.56 Å². The minimum absolute atomic E-state index is 0.0129. The van der Waals surface area contributed by atoms with Gasteiger partial charge in [0.15, 0.2) is 0 Å². The Balaban J connectivity index is 1.53. The molecule has 2 heterocycles. The molecule has 0 saturated carbocycles. The zero-order valence-corrected chi connectivity index (χ0v) is 18.0. The van der Waals surface area contributed by atoms with Crippen molar-refractivity contribution in [2.75, 3.05) is 10.8 Å². The summed E-state index contributed by atoms with van der Waals surface area (Å²) in [5.74, 6) is 0. The summed E-state index contributed by atoms with van der Waals surface area (Å²) in [5.41, 5.74) is 2.06. The van der Waals surface area contributed by atoms with Gasteiger partial charge in [0.1, 0.15) is 6.10 Å². The van der Waals surface area contributed by atoms with Crippen LogP contribution in [0.25, 0.3) is 0 Å². The Morgan fingerprint density at radius 3 is 2.58 bits per heavy atom. The standard InChI is InChI=1S/C22H20ClN3O4S/c23-17-8-10-20(11-9-17)31(28,29)26-15-19(13-16-5-1-2-7-21(16)26)30-22(27)25-14-18-6-3-4-12-24-18/h1-12,19H,13-15H2,(H,25,27)/t19-/m0/s1. The lowest BCUT2D eigenvalue weighted by Gasteiger charge is -2.34. The third kappa shape index (κ3) is 4.81. The number of anilines is 1. The molecule has 3 aromatic rings. The summed E-state index contributed by atoms with van der Waals surface area (Å²) in [5, 5.41) is 3.10. The predicted octanol–water partition coefficient (Wildman–Crippen LogP) is 3.78. The normalized spacial score (nSPS) is 15.8. The molecule has 0 aliphatic carbocycles. The van der Waals surface area contributed by atoms with Crippen LogP contribution in [-0.2, 0) is 27.7 Å². The Bertz CT molecular complexity index is 1170. The number of carbonyl (C=O) groups is 1. The van der Waals surface area contributed by atoms with Crippen LogP contribution in [0.5, 0.6) is 0 Å². The first kappa shape index (κ1) is 21.1. The number of aromatic nitrogens is 1. The van der Waals surface area contributed by atoms with Gasteiger partial charge in [0, 0.05) is 17.6 Å². The van der Waals surface area contributed by atoms with Crippen molar-refractivity contribution < 1.29 is 17.9 Å². The number of hydrogen-bond donors (Lipinski definition) is 1. The molecule has 1 amide bonds. The van der Waals surface area contributed by atoms with Gasteiger partial charge < -0.3 is 10.1 Å². The third-order valence-electron chi connectivity index (χ3n) is 4.89. The van der Waals surface area contributed by atoms with Gasteiger partial charge in [0.25, 0.3) is 10.0 Å². The van der Waals surface area contributed by atoms with Crippen molar-refractivity contribution in [2.24, 2.45) is 0 Å². The van der Waals surface area contributed by atoms with E-state index < -0.39 is 22.2 Å². The second kappa shape index (κ2) is 8.95. The van der Waals surface area contributed by atoms with Gasteiger partial charge in [-0.2, -0.15) is 0 Å². The second-order valence-corrected chi connectivity index (χ2v) is 9.32. The predicted molar refractivity (Wildman–Crippen MR) is 117 cm³/mol. The molecule has 0 bridgehead atoms. The number of halogens is 1. The van der Waals surface area contributed by atoms with Crippen LogP contribution < -0.4 is 9.62 Å². The summed E-state index contributed by atoms with van der Waals surface area (Å²) in [6.07, 6.45) is 0.791. The number of ether oxygens (including phenoxy) is 1. The summed E-state index contributed by atoms with van der Waals surface area (Å²) in [7, 11) is -3.86. The minimum atomic E-state index is -3.86. The van der Waals surface area contributed by atoms with Crippen molar-refractivity contribution in [3.05, 3.63) is 89.2 Å². The number of fused-ring (bicyclic) bond motifs is 1. The fourth-order valence-electron chi connectivity index (χ4n) is 3.42. The first-order valence-corrected chi connectivity index (χ1v) is 11.5. The molecule has 4 rings (SSSR count). The molecule has 160 valence electrons. The Labute approximate surface area is 185 Å². The van der Waals surface area contributed by atoms with Gasteiger partial charge in [-0.1, -0.05) is 35.9 Å². The van der Waals surface area contributed by atoms with Gasteiger partial charge in [-0.15, -0.1) is 0 Å². The smallest absolute Gasteiger partial charge is 0.407 e. The first-order chi connectivity index (χ1) is 14.9. The van der Waals surface area contributed by atoms with Crippen LogP contribution in [0, 0.1) is 0 Å². The largest absolute Gasteiger partial charge is 0.444 e. The number of alkyl carbamates (subject to hydrolysis) is 1. The molecule has 0 spiro atoms. The van der Waals surface area contributed by atoms with Crippen molar-refractivity contribution >= 4 is 33.4 Å². The number of sulfonamides is 1. The molecular weight excluding hydrogens is 438 g/mol. The topological polar surface area (TPSA) is 88.6 Å². The number of pyridine rings is 1.